The van der Waals surface area contributed by atoms with E-state index in [-0.39, 0.29) is 0 Å². The summed E-state index contributed by atoms with van der Waals surface area (Å²) in [5.41, 5.74) is 2.14. The first kappa shape index (κ1) is 15.6. The molecule has 5 heteroatoms. The van der Waals surface area contributed by atoms with Crippen LogP contribution < -0.4 is 14.4 Å². The van der Waals surface area contributed by atoms with Crippen molar-refractivity contribution in [2.24, 2.45) is 0 Å². The molecule has 1 heterocycles. The van der Waals surface area contributed by atoms with Gasteiger partial charge in [-0.25, -0.2) is 9.97 Å². The average Bonchev–Trinajstić information content (AvgIpc) is 3.38. The van der Waals surface area contributed by atoms with Crippen LogP contribution in [0.1, 0.15) is 35.8 Å². The van der Waals surface area contributed by atoms with E-state index >= 15 is 0 Å². The smallest absolute Gasteiger partial charge is 0.134 e. The molecule has 0 unspecified atom stereocenters. The fourth-order valence-corrected chi connectivity index (χ4v) is 2.61. The highest BCUT2D eigenvalue weighted by Gasteiger charge is 2.27. The van der Waals surface area contributed by atoms with Gasteiger partial charge in [-0.2, -0.15) is 0 Å². The van der Waals surface area contributed by atoms with Crippen molar-refractivity contribution in [1.82, 2.24) is 9.97 Å². The third kappa shape index (κ3) is 3.73. The number of hydrogen-bond acceptors (Lipinski definition) is 5. The van der Waals surface area contributed by atoms with E-state index in [9.17, 15) is 0 Å². The summed E-state index contributed by atoms with van der Waals surface area (Å²) < 4.78 is 10.7. The molecule has 0 bridgehead atoms. The second kappa shape index (κ2) is 6.44. The first-order chi connectivity index (χ1) is 11.1. The first-order valence-electron chi connectivity index (χ1n) is 7.87. The zero-order valence-corrected chi connectivity index (χ0v) is 14.2. The van der Waals surface area contributed by atoms with Crippen LogP contribution in [0.2, 0.25) is 0 Å². The fourth-order valence-electron chi connectivity index (χ4n) is 2.61. The Morgan fingerprint density at radius 1 is 1.04 bits per heavy atom. The van der Waals surface area contributed by atoms with Crippen molar-refractivity contribution in [3.63, 3.8) is 0 Å². The summed E-state index contributed by atoms with van der Waals surface area (Å²) in [6.45, 7) is 2.76. The maximum absolute atomic E-state index is 5.34. The predicted molar refractivity (Wildman–Crippen MR) is 90.4 cm³/mol. The zero-order chi connectivity index (χ0) is 16.4. The van der Waals surface area contributed by atoms with Crippen molar-refractivity contribution in [3.8, 4) is 11.5 Å². The van der Waals surface area contributed by atoms with E-state index in [4.69, 9.17) is 14.5 Å². The highest BCUT2D eigenvalue weighted by atomic mass is 16.5. The molecule has 2 aromatic rings. The minimum Gasteiger partial charge on any atom is -0.497 e. The Labute approximate surface area is 137 Å². The number of methoxy groups -OCH3 is 2. The predicted octanol–water partition coefficient (Wildman–Crippen LogP) is 3.32. The number of aryl methyl sites for hydroxylation is 1. The van der Waals surface area contributed by atoms with Crippen LogP contribution in [0, 0.1) is 6.92 Å². The summed E-state index contributed by atoms with van der Waals surface area (Å²) >= 11 is 0. The van der Waals surface area contributed by atoms with Crippen molar-refractivity contribution < 1.29 is 9.47 Å². The van der Waals surface area contributed by atoms with Gasteiger partial charge in [-0.3, -0.25) is 0 Å². The lowest BCUT2D eigenvalue weighted by Crippen LogP contribution is -2.19. The molecule has 1 aliphatic rings. The summed E-state index contributed by atoms with van der Waals surface area (Å²) in [5.74, 6) is 4.09. The normalized spacial score (nSPS) is 13.7. The van der Waals surface area contributed by atoms with Crippen molar-refractivity contribution in [3.05, 3.63) is 41.3 Å². The van der Waals surface area contributed by atoms with E-state index in [1.165, 1.54) is 12.8 Å². The third-order valence-electron chi connectivity index (χ3n) is 4.02. The lowest BCUT2D eigenvalue weighted by molar-refractivity contribution is 0.393. The van der Waals surface area contributed by atoms with E-state index in [2.05, 4.69) is 9.88 Å². The van der Waals surface area contributed by atoms with Crippen LogP contribution in [0.25, 0.3) is 0 Å². The second-order valence-electron chi connectivity index (χ2n) is 6.08. The van der Waals surface area contributed by atoms with Crippen LogP contribution in [-0.4, -0.2) is 31.2 Å². The molecule has 1 saturated carbocycles. The third-order valence-corrected chi connectivity index (χ3v) is 4.02. The van der Waals surface area contributed by atoms with Crippen LogP contribution in [0.5, 0.6) is 11.5 Å². The summed E-state index contributed by atoms with van der Waals surface area (Å²) in [7, 11) is 5.38. The summed E-state index contributed by atoms with van der Waals surface area (Å²) in [5, 5.41) is 0. The van der Waals surface area contributed by atoms with Gasteiger partial charge in [0.2, 0.25) is 0 Å². The molecule has 1 aromatic carbocycles. The number of anilines is 1. The molecule has 23 heavy (non-hydrogen) atoms. The number of nitrogens with zero attached hydrogens (tertiary/aromatic N) is 3. The van der Waals surface area contributed by atoms with Gasteiger partial charge in [-0.05, 0) is 37.5 Å². The van der Waals surface area contributed by atoms with Crippen molar-refractivity contribution >= 4 is 5.82 Å². The minimum atomic E-state index is 0.555. The van der Waals surface area contributed by atoms with E-state index < -0.39 is 0 Å². The van der Waals surface area contributed by atoms with Crippen LogP contribution in [0.4, 0.5) is 5.82 Å². The lowest BCUT2D eigenvalue weighted by Gasteiger charge is -2.20. The van der Waals surface area contributed by atoms with Gasteiger partial charge in [0.15, 0.2) is 0 Å². The fraction of sp³-hybridized carbons (Fsp3) is 0.444. The van der Waals surface area contributed by atoms with Crippen LogP contribution in [0.3, 0.4) is 0 Å². The molecule has 1 aromatic heterocycles. The van der Waals surface area contributed by atoms with Gasteiger partial charge in [-0.15, -0.1) is 0 Å². The molecule has 0 radical (unpaired) electrons. The van der Waals surface area contributed by atoms with Gasteiger partial charge in [0.05, 0.1) is 14.2 Å². The van der Waals surface area contributed by atoms with Gasteiger partial charge in [0, 0.05) is 37.3 Å². The molecule has 0 aliphatic heterocycles. The quantitative estimate of drug-likeness (QED) is 0.819. The van der Waals surface area contributed by atoms with Crippen molar-refractivity contribution in [2.75, 3.05) is 26.2 Å². The van der Waals surface area contributed by atoms with Gasteiger partial charge in [0.1, 0.15) is 23.1 Å². The van der Waals surface area contributed by atoms with Gasteiger partial charge < -0.3 is 14.4 Å². The lowest BCUT2D eigenvalue weighted by atomic mass is 10.2. The van der Waals surface area contributed by atoms with Crippen LogP contribution in [-0.2, 0) is 6.54 Å². The van der Waals surface area contributed by atoms with Crippen LogP contribution in [0.15, 0.2) is 24.3 Å². The monoisotopic (exact) mass is 313 g/mol. The Morgan fingerprint density at radius 2 is 1.70 bits per heavy atom. The number of benzene rings is 1. The van der Waals surface area contributed by atoms with E-state index in [1.807, 2.05) is 38.2 Å². The summed E-state index contributed by atoms with van der Waals surface area (Å²) in [4.78, 5) is 11.4. The molecule has 0 atom stereocenters. The van der Waals surface area contributed by atoms with E-state index in [0.29, 0.717) is 5.92 Å². The van der Waals surface area contributed by atoms with Gasteiger partial charge >= 0.3 is 0 Å². The standard InChI is InChI=1S/C18H23N3O2/c1-12-7-17(20-18(19-12)14-5-6-14)21(2)11-13-8-15(22-3)10-16(9-13)23-4/h7-10,14H,5-6,11H2,1-4H3. The minimum absolute atomic E-state index is 0.555. The highest BCUT2D eigenvalue weighted by Crippen LogP contribution is 2.38. The zero-order valence-electron chi connectivity index (χ0n) is 14.2. The maximum atomic E-state index is 5.34. The van der Waals surface area contributed by atoms with Crippen molar-refractivity contribution in [1.29, 1.82) is 0 Å². The largest absolute Gasteiger partial charge is 0.497 e. The van der Waals surface area contributed by atoms with E-state index in [0.717, 1.165) is 40.9 Å². The topological polar surface area (TPSA) is 47.5 Å². The Morgan fingerprint density at radius 3 is 2.26 bits per heavy atom. The molecule has 0 saturated heterocycles. The Kier molecular flexibility index (Phi) is 4.37. The Balaban J connectivity index is 1.82. The number of rotatable bonds is 6. The molecule has 122 valence electrons. The highest BCUT2D eigenvalue weighted by molar-refractivity contribution is 5.44. The number of hydrogen-bond donors (Lipinski definition) is 0. The molecule has 0 spiro atoms. The molecular formula is C18H23N3O2. The molecule has 1 aliphatic carbocycles. The summed E-state index contributed by atoms with van der Waals surface area (Å²) in [6, 6.07) is 7.95. The summed E-state index contributed by atoms with van der Waals surface area (Å²) in [6.07, 6.45) is 2.42. The number of ether oxygens (including phenoxy) is 2. The molecule has 5 nitrogen and oxygen atoms in total. The van der Waals surface area contributed by atoms with Crippen LogP contribution >= 0.6 is 0 Å². The number of aromatic nitrogens is 2. The van der Waals surface area contributed by atoms with Crippen molar-refractivity contribution in [2.45, 2.75) is 32.2 Å². The van der Waals surface area contributed by atoms with Gasteiger partial charge in [0.25, 0.3) is 0 Å². The molecule has 1 fully saturated rings. The SMILES string of the molecule is COc1cc(CN(C)c2cc(C)nc(C3CC3)n2)cc(OC)c1. The molecular weight excluding hydrogens is 290 g/mol. The Hall–Kier alpha value is -2.30. The first-order valence-corrected chi connectivity index (χ1v) is 7.87. The molecule has 0 N–H and O–H groups in total. The maximum Gasteiger partial charge on any atom is 0.134 e. The second-order valence-corrected chi connectivity index (χ2v) is 6.08. The van der Waals surface area contributed by atoms with Gasteiger partial charge in [-0.1, -0.05) is 0 Å². The van der Waals surface area contributed by atoms with E-state index in [1.54, 1.807) is 14.2 Å². The molecule has 0 amide bonds. The Bertz CT molecular complexity index is 676. The average molecular weight is 313 g/mol. The molecule has 3 rings (SSSR count).